The molecule has 9 heteroatoms. The molecule has 24 heavy (non-hydrogen) atoms. The van der Waals surface area contributed by atoms with Crippen LogP contribution in [0, 0.1) is 0 Å². The third-order valence-electron chi connectivity index (χ3n) is 3.02. The van der Waals surface area contributed by atoms with Crippen LogP contribution in [-0.2, 0) is 11.8 Å². The number of aryl methyl sites for hydroxylation is 1. The van der Waals surface area contributed by atoms with Crippen molar-refractivity contribution < 1.29 is 14.4 Å². The SMILES string of the molecule is Cn1cc(Br)cc1C(=O)NNC(=O)CNC(=O)c1cccc(Cl)c1. The zero-order chi connectivity index (χ0) is 17.7. The number of nitrogens with one attached hydrogen (secondary N) is 3. The Balaban J connectivity index is 1.80. The van der Waals surface area contributed by atoms with Crippen molar-refractivity contribution >= 4 is 45.3 Å². The lowest BCUT2D eigenvalue weighted by atomic mass is 10.2. The highest BCUT2D eigenvalue weighted by Crippen LogP contribution is 2.13. The van der Waals surface area contributed by atoms with Crippen LogP contribution < -0.4 is 16.2 Å². The van der Waals surface area contributed by atoms with Gasteiger partial charge < -0.3 is 9.88 Å². The molecule has 0 saturated carbocycles. The number of benzene rings is 1. The average molecular weight is 414 g/mol. The van der Waals surface area contributed by atoms with Gasteiger partial charge in [-0.1, -0.05) is 17.7 Å². The van der Waals surface area contributed by atoms with E-state index in [4.69, 9.17) is 11.6 Å². The minimum atomic E-state index is -0.563. The fourth-order valence-corrected chi connectivity index (χ4v) is 2.59. The van der Waals surface area contributed by atoms with E-state index >= 15 is 0 Å². The van der Waals surface area contributed by atoms with Crippen LogP contribution in [0.1, 0.15) is 20.8 Å². The molecule has 0 bridgehead atoms. The van der Waals surface area contributed by atoms with Gasteiger partial charge in [-0.05, 0) is 40.2 Å². The number of hydrazine groups is 1. The monoisotopic (exact) mass is 412 g/mol. The molecule has 2 rings (SSSR count). The van der Waals surface area contributed by atoms with E-state index in [1.807, 2.05) is 0 Å². The summed E-state index contributed by atoms with van der Waals surface area (Å²) >= 11 is 9.05. The number of carbonyl (C=O) groups excluding carboxylic acids is 3. The number of carbonyl (C=O) groups is 3. The van der Waals surface area contributed by atoms with Gasteiger partial charge in [0.2, 0.25) is 0 Å². The molecular weight excluding hydrogens is 400 g/mol. The molecule has 3 N–H and O–H groups in total. The Morgan fingerprint density at radius 1 is 1.17 bits per heavy atom. The third kappa shape index (κ3) is 4.84. The molecule has 0 fully saturated rings. The fraction of sp³-hybridized carbons (Fsp3) is 0.133. The first kappa shape index (κ1) is 18.0. The minimum absolute atomic E-state index is 0.289. The van der Waals surface area contributed by atoms with E-state index in [0.29, 0.717) is 16.3 Å². The van der Waals surface area contributed by atoms with Crippen LogP contribution in [0.15, 0.2) is 41.0 Å². The van der Waals surface area contributed by atoms with Crippen LogP contribution in [0.2, 0.25) is 5.02 Å². The molecule has 2 aromatic rings. The molecular formula is C15H14BrClN4O3. The van der Waals surface area contributed by atoms with Gasteiger partial charge in [0.1, 0.15) is 5.69 Å². The Hall–Kier alpha value is -2.32. The molecule has 126 valence electrons. The van der Waals surface area contributed by atoms with E-state index in [0.717, 1.165) is 4.47 Å². The summed E-state index contributed by atoms with van der Waals surface area (Å²) in [5.74, 6) is -1.48. The zero-order valence-corrected chi connectivity index (χ0v) is 14.9. The predicted octanol–water partition coefficient (Wildman–Crippen LogP) is 1.63. The lowest BCUT2D eigenvalue weighted by Crippen LogP contribution is -2.46. The van der Waals surface area contributed by atoms with E-state index in [1.165, 1.54) is 6.07 Å². The van der Waals surface area contributed by atoms with Crippen molar-refractivity contribution in [2.24, 2.45) is 7.05 Å². The van der Waals surface area contributed by atoms with E-state index < -0.39 is 17.7 Å². The molecule has 0 saturated heterocycles. The Bertz CT molecular complexity index is 791. The molecule has 1 heterocycles. The maximum absolute atomic E-state index is 11.9. The van der Waals surface area contributed by atoms with Crippen molar-refractivity contribution in [2.45, 2.75) is 0 Å². The van der Waals surface area contributed by atoms with E-state index in [2.05, 4.69) is 32.1 Å². The Morgan fingerprint density at radius 3 is 2.54 bits per heavy atom. The topological polar surface area (TPSA) is 92.2 Å². The maximum atomic E-state index is 11.9. The molecule has 3 amide bonds. The van der Waals surface area contributed by atoms with Gasteiger partial charge in [0.25, 0.3) is 17.7 Å². The van der Waals surface area contributed by atoms with Crippen LogP contribution in [0.3, 0.4) is 0 Å². The Kier molecular flexibility index (Phi) is 5.99. The molecule has 1 aromatic carbocycles. The van der Waals surface area contributed by atoms with Crippen LogP contribution >= 0.6 is 27.5 Å². The number of aromatic nitrogens is 1. The quantitative estimate of drug-likeness (QED) is 0.665. The summed E-state index contributed by atoms with van der Waals surface area (Å²) in [5.41, 5.74) is 5.21. The lowest BCUT2D eigenvalue weighted by molar-refractivity contribution is -0.120. The van der Waals surface area contributed by atoms with Crippen LogP contribution in [0.25, 0.3) is 0 Å². The smallest absolute Gasteiger partial charge is 0.286 e. The highest BCUT2D eigenvalue weighted by molar-refractivity contribution is 9.10. The van der Waals surface area contributed by atoms with Gasteiger partial charge in [-0.15, -0.1) is 0 Å². The number of nitrogens with zero attached hydrogens (tertiary/aromatic N) is 1. The number of amides is 3. The van der Waals surface area contributed by atoms with Crippen molar-refractivity contribution in [3.63, 3.8) is 0 Å². The standard InChI is InChI=1S/C15H14BrClN4O3/c1-21-8-10(16)6-12(21)15(24)20-19-13(22)7-18-14(23)9-3-2-4-11(17)5-9/h2-6,8H,7H2,1H3,(H,18,23)(H,19,22)(H,20,24). The molecule has 7 nitrogen and oxygen atoms in total. The second kappa shape index (κ2) is 7.98. The second-order valence-corrected chi connectivity index (χ2v) is 6.20. The van der Waals surface area contributed by atoms with E-state index in [-0.39, 0.29) is 6.54 Å². The lowest BCUT2D eigenvalue weighted by Gasteiger charge is -2.09. The number of halogens is 2. The normalized spacial score (nSPS) is 10.1. The molecule has 0 aliphatic heterocycles. The third-order valence-corrected chi connectivity index (χ3v) is 3.68. The van der Waals surface area contributed by atoms with Gasteiger partial charge in [-0.3, -0.25) is 25.2 Å². The number of hydrogen-bond acceptors (Lipinski definition) is 3. The van der Waals surface area contributed by atoms with Crippen LogP contribution in [-0.4, -0.2) is 28.8 Å². The summed E-state index contributed by atoms with van der Waals surface area (Å²) in [6.45, 7) is -0.289. The van der Waals surface area contributed by atoms with E-state index in [9.17, 15) is 14.4 Å². The first-order valence-electron chi connectivity index (χ1n) is 6.81. The van der Waals surface area contributed by atoms with Gasteiger partial charge in [0.15, 0.2) is 0 Å². The summed E-state index contributed by atoms with van der Waals surface area (Å²) in [5, 5.41) is 2.86. The predicted molar refractivity (Wildman–Crippen MR) is 92.5 cm³/mol. The molecule has 0 unspecified atom stereocenters. The van der Waals surface area contributed by atoms with Gasteiger partial charge >= 0.3 is 0 Å². The van der Waals surface area contributed by atoms with Gasteiger partial charge in [0, 0.05) is 28.3 Å². The summed E-state index contributed by atoms with van der Waals surface area (Å²) in [4.78, 5) is 35.5. The van der Waals surface area contributed by atoms with Gasteiger partial charge in [-0.2, -0.15) is 0 Å². The number of rotatable bonds is 4. The fourth-order valence-electron chi connectivity index (χ4n) is 1.88. The molecule has 0 spiro atoms. The van der Waals surface area contributed by atoms with Crippen LogP contribution in [0.4, 0.5) is 0 Å². The highest BCUT2D eigenvalue weighted by Gasteiger charge is 2.13. The molecule has 0 atom stereocenters. The summed E-state index contributed by atoms with van der Waals surface area (Å²) in [6, 6.07) is 7.96. The summed E-state index contributed by atoms with van der Waals surface area (Å²) < 4.78 is 2.35. The maximum Gasteiger partial charge on any atom is 0.286 e. The van der Waals surface area contributed by atoms with E-state index in [1.54, 1.807) is 42.1 Å². The van der Waals surface area contributed by atoms with Crippen molar-refractivity contribution in [1.82, 2.24) is 20.7 Å². The van der Waals surface area contributed by atoms with Crippen molar-refractivity contribution in [2.75, 3.05) is 6.54 Å². The van der Waals surface area contributed by atoms with Crippen LogP contribution in [0.5, 0.6) is 0 Å². The molecule has 0 aliphatic rings. The molecule has 1 aromatic heterocycles. The Labute approximate surface area is 151 Å². The van der Waals surface area contributed by atoms with Crippen molar-refractivity contribution in [3.05, 3.63) is 57.3 Å². The molecule has 0 aliphatic carbocycles. The van der Waals surface area contributed by atoms with Crippen molar-refractivity contribution in [1.29, 1.82) is 0 Å². The first-order chi connectivity index (χ1) is 11.4. The largest absolute Gasteiger partial charge is 0.345 e. The second-order valence-electron chi connectivity index (χ2n) is 4.85. The average Bonchev–Trinajstić information content (AvgIpc) is 2.88. The zero-order valence-electron chi connectivity index (χ0n) is 12.6. The Morgan fingerprint density at radius 2 is 1.92 bits per heavy atom. The minimum Gasteiger partial charge on any atom is -0.345 e. The highest BCUT2D eigenvalue weighted by atomic mass is 79.9. The summed E-state index contributed by atoms with van der Waals surface area (Å²) in [7, 11) is 1.70. The molecule has 0 radical (unpaired) electrons. The van der Waals surface area contributed by atoms with Gasteiger partial charge in [0.05, 0.1) is 6.54 Å². The summed E-state index contributed by atoms with van der Waals surface area (Å²) in [6.07, 6.45) is 1.71. The first-order valence-corrected chi connectivity index (χ1v) is 7.98. The van der Waals surface area contributed by atoms with Gasteiger partial charge in [-0.25, -0.2) is 0 Å². The number of hydrogen-bond donors (Lipinski definition) is 3. The van der Waals surface area contributed by atoms with Crippen molar-refractivity contribution in [3.8, 4) is 0 Å².